The molecule has 0 spiro atoms. The highest BCUT2D eigenvalue weighted by molar-refractivity contribution is 9.10. The number of phenols is 1. The minimum Gasteiger partial charge on any atom is -0.503 e. The lowest BCUT2D eigenvalue weighted by Crippen LogP contribution is -2.36. The molecular weight excluding hydrogens is 598 g/mol. The summed E-state index contributed by atoms with van der Waals surface area (Å²) in [6.07, 6.45) is 0.827. The second-order valence-corrected chi connectivity index (χ2v) is 11.8. The Bertz CT molecular complexity index is 1370. The second-order valence-electron chi connectivity index (χ2n) is 9.52. The maximum absolute atomic E-state index is 13.9. The fourth-order valence-corrected chi connectivity index (χ4v) is 6.27. The summed E-state index contributed by atoms with van der Waals surface area (Å²) in [5.41, 5.74) is 3.89. The summed E-state index contributed by atoms with van der Waals surface area (Å²) in [6.45, 7) is 4.14. The molecule has 1 aliphatic heterocycles. The molecule has 0 saturated carbocycles. The number of carbonyl (C=O) groups is 2. The van der Waals surface area contributed by atoms with Crippen LogP contribution < -0.4 is 19.5 Å². The molecule has 1 heterocycles. The Morgan fingerprint density at radius 1 is 1.05 bits per heavy atom. The molecule has 1 aliphatic carbocycles. The smallest absolute Gasteiger partial charge is 0.336 e. The number of allylic oxidation sites excluding steroid dienone is 3. The highest BCUT2D eigenvalue weighted by Gasteiger charge is 2.42. The van der Waals surface area contributed by atoms with Gasteiger partial charge in [0.1, 0.15) is 6.61 Å². The van der Waals surface area contributed by atoms with Crippen LogP contribution in [0.3, 0.4) is 0 Å². The highest BCUT2D eigenvalue weighted by atomic mass is 79.9. The average Bonchev–Trinajstić information content (AvgIpc) is 2.95. The van der Waals surface area contributed by atoms with E-state index in [-0.39, 0.29) is 36.2 Å². The first kappa shape index (κ1) is 29.9. The van der Waals surface area contributed by atoms with Crippen LogP contribution in [0.5, 0.6) is 23.0 Å². The Hall–Kier alpha value is -3.11. The molecule has 0 aromatic heterocycles. The van der Waals surface area contributed by atoms with Gasteiger partial charge in [0, 0.05) is 35.1 Å². The Morgan fingerprint density at radius 3 is 2.42 bits per heavy atom. The summed E-state index contributed by atoms with van der Waals surface area (Å²) in [4.78, 5) is 27.4. The van der Waals surface area contributed by atoms with Gasteiger partial charge in [-0.15, -0.1) is 0 Å². The fraction of sp³-hybridized carbons (Fsp3) is 0.400. The van der Waals surface area contributed by atoms with Gasteiger partial charge in [-0.05, 0) is 76.3 Å². The number of ether oxygens (including phenoxy) is 4. The summed E-state index contributed by atoms with van der Waals surface area (Å²) in [5, 5.41) is 13.8. The molecule has 214 valence electrons. The van der Waals surface area contributed by atoms with Gasteiger partial charge in [0.05, 0.1) is 31.4 Å². The molecule has 0 bridgehead atoms. The second kappa shape index (κ2) is 13.0. The summed E-state index contributed by atoms with van der Waals surface area (Å²) in [5.74, 6) is 1.69. The minimum absolute atomic E-state index is 0.0562. The number of benzene rings is 2. The van der Waals surface area contributed by atoms with E-state index in [2.05, 4.69) is 21.2 Å². The molecule has 8 nitrogen and oxygen atoms in total. The van der Waals surface area contributed by atoms with E-state index in [1.807, 2.05) is 32.0 Å². The van der Waals surface area contributed by atoms with Crippen LogP contribution in [0.15, 0.2) is 57.3 Å². The zero-order valence-corrected chi connectivity index (χ0v) is 25.7. The van der Waals surface area contributed by atoms with Crippen molar-refractivity contribution in [2.45, 2.75) is 38.5 Å². The Kier molecular flexibility index (Phi) is 9.73. The van der Waals surface area contributed by atoms with E-state index >= 15 is 0 Å². The van der Waals surface area contributed by atoms with Crippen molar-refractivity contribution in [3.8, 4) is 23.0 Å². The van der Waals surface area contributed by atoms with Crippen LogP contribution in [0.2, 0.25) is 0 Å². The number of thioether (sulfide) groups is 1. The van der Waals surface area contributed by atoms with E-state index in [4.69, 9.17) is 18.9 Å². The molecule has 0 saturated heterocycles. The molecule has 2 aromatic rings. The van der Waals surface area contributed by atoms with Crippen molar-refractivity contribution in [3.63, 3.8) is 0 Å². The van der Waals surface area contributed by atoms with Crippen molar-refractivity contribution in [1.29, 1.82) is 0 Å². The number of carbonyl (C=O) groups excluding carboxylic acids is 2. The van der Waals surface area contributed by atoms with Gasteiger partial charge in [-0.2, -0.15) is 11.8 Å². The zero-order valence-electron chi connectivity index (χ0n) is 23.3. The summed E-state index contributed by atoms with van der Waals surface area (Å²) >= 11 is 5.09. The monoisotopic (exact) mass is 631 g/mol. The van der Waals surface area contributed by atoms with Gasteiger partial charge in [0.15, 0.2) is 28.8 Å². The van der Waals surface area contributed by atoms with Crippen molar-refractivity contribution in [2.75, 3.05) is 39.4 Å². The summed E-state index contributed by atoms with van der Waals surface area (Å²) < 4.78 is 22.3. The Labute approximate surface area is 247 Å². The lowest BCUT2D eigenvalue weighted by atomic mass is 9.71. The predicted molar refractivity (Wildman–Crippen MR) is 158 cm³/mol. The van der Waals surface area contributed by atoms with Gasteiger partial charge in [0.25, 0.3) is 0 Å². The lowest BCUT2D eigenvalue weighted by molar-refractivity contribution is -0.138. The predicted octanol–water partition coefficient (Wildman–Crippen LogP) is 5.84. The van der Waals surface area contributed by atoms with Gasteiger partial charge in [0.2, 0.25) is 0 Å². The highest BCUT2D eigenvalue weighted by Crippen LogP contribution is 2.48. The van der Waals surface area contributed by atoms with Crippen molar-refractivity contribution in [2.24, 2.45) is 0 Å². The number of ketones is 1. The van der Waals surface area contributed by atoms with Crippen molar-refractivity contribution >= 4 is 39.4 Å². The van der Waals surface area contributed by atoms with Gasteiger partial charge in [-0.1, -0.05) is 13.0 Å². The largest absolute Gasteiger partial charge is 0.503 e. The Balaban J connectivity index is 1.78. The van der Waals surface area contributed by atoms with Crippen LogP contribution in [0.25, 0.3) is 0 Å². The van der Waals surface area contributed by atoms with Gasteiger partial charge in [-0.25, -0.2) is 4.79 Å². The average molecular weight is 633 g/mol. The van der Waals surface area contributed by atoms with Crippen LogP contribution in [0.1, 0.15) is 49.7 Å². The first-order chi connectivity index (χ1) is 19.2. The molecule has 0 radical (unpaired) electrons. The van der Waals surface area contributed by atoms with E-state index in [1.165, 1.54) is 7.11 Å². The molecule has 2 aliphatic rings. The normalized spacial score (nSPS) is 18.7. The molecule has 2 aromatic carbocycles. The standard InChI is InChI=1S/C30H34BrNO7S/c1-6-40-10-9-39-30(35)26-16(2)32-21-12-18(17-7-8-23(36-3)24(14-17)37-4)13-22(33)28(21)27(26)19-11-20(31)29(34)25(15-19)38-5/h7-8,11,14-15,18,27,32,34H,6,9-10,12-13H2,1-5H3/t18-,27-/m1/s1. The molecular formula is C30H34BrNO7S. The van der Waals surface area contributed by atoms with Gasteiger partial charge >= 0.3 is 5.97 Å². The molecule has 40 heavy (non-hydrogen) atoms. The number of halogens is 1. The SMILES string of the molecule is CCSCCOC(=O)C1=C(C)NC2=C(C(=O)C[C@H](c3ccc(OC)c(OC)c3)C2)[C@@H]1c1cc(Br)c(O)c(OC)c1. The van der Waals surface area contributed by atoms with Crippen molar-refractivity contribution < 1.29 is 33.6 Å². The van der Waals surface area contributed by atoms with E-state index < -0.39 is 11.9 Å². The molecule has 10 heteroatoms. The number of aromatic hydroxyl groups is 1. The number of rotatable bonds is 10. The Morgan fingerprint density at radius 2 is 1.75 bits per heavy atom. The molecule has 2 N–H and O–H groups in total. The molecule has 0 unspecified atom stereocenters. The number of nitrogens with one attached hydrogen (secondary N) is 1. The third-order valence-corrected chi connectivity index (χ3v) is 8.66. The number of hydrogen-bond acceptors (Lipinski definition) is 9. The summed E-state index contributed by atoms with van der Waals surface area (Å²) in [7, 11) is 4.63. The van der Waals surface area contributed by atoms with E-state index in [0.29, 0.717) is 50.6 Å². The lowest BCUT2D eigenvalue weighted by Gasteiger charge is -2.37. The number of dihydropyridines is 1. The number of esters is 1. The number of Topliss-reactive ketones (excluding diaryl/α,β-unsaturated/α-hetero) is 1. The van der Waals surface area contributed by atoms with E-state index in [0.717, 1.165) is 17.0 Å². The van der Waals surface area contributed by atoms with Gasteiger partial charge < -0.3 is 29.4 Å². The quantitative estimate of drug-likeness (QED) is 0.247. The van der Waals surface area contributed by atoms with E-state index in [9.17, 15) is 14.7 Å². The topological polar surface area (TPSA) is 103 Å². The zero-order chi connectivity index (χ0) is 29.0. The first-order valence-corrected chi connectivity index (χ1v) is 15.0. The van der Waals surface area contributed by atoms with Crippen LogP contribution >= 0.6 is 27.7 Å². The van der Waals surface area contributed by atoms with Crippen LogP contribution in [-0.2, 0) is 14.3 Å². The fourth-order valence-electron chi connectivity index (χ4n) is 5.32. The number of methoxy groups -OCH3 is 3. The summed E-state index contributed by atoms with van der Waals surface area (Å²) in [6, 6.07) is 9.09. The number of hydrogen-bond donors (Lipinski definition) is 2. The molecule has 0 amide bonds. The molecule has 4 rings (SSSR count). The van der Waals surface area contributed by atoms with Crippen LogP contribution in [0.4, 0.5) is 0 Å². The molecule has 0 fully saturated rings. The minimum atomic E-state index is -0.688. The van der Waals surface area contributed by atoms with Crippen LogP contribution in [0, 0.1) is 0 Å². The first-order valence-electron chi connectivity index (χ1n) is 13.0. The third-order valence-electron chi connectivity index (χ3n) is 7.20. The third kappa shape index (κ3) is 5.98. The van der Waals surface area contributed by atoms with Crippen molar-refractivity contribution in [1.82, 2.24) is 5.32 Å². The van der Waals surface area contributed by atoms with Gasteiger partial charge in [-0.3, -0.25) is 4.79 Å². The maximum atomic E-state index is 13.9. The van der Waals surface area contributed by atoms with Crippen LogP contribution in [-0.4, -0.2) is 56.3 Å². The van der Waals surface area contributed by atoms with E-state index in [1.54, 1.807) is 38.1 Å². The number of phenolic OH excluding ortho intramolecular Hbond substituents is 1. The molecule has 2 atom stereocenters. The van der Waals surface area contributed by atoms with Crippen molar-refractivity contribution in [3.05, 3.63) is 68.5 Å². The maximum Gasteiger partial charge on any atom is 0.336 e.